The summed E-state index contributed by atoms with van der Waals surface area (Å²) in [6.07, 6.45) is -4.75. The summed E-state index contributed by atoms with van der Waals surface area (Å²) in [5.74, 6) is 0. The van der Waals surface area contributed by atoms with E-state index in [4.69, 9.17) is 4.74 Å². The number of carbonyl (C=O) groups excluding carboxylic acids is 1. The Labute approximate surface area is 137 Å². The zero-order valence-electron chi connectivity index (χ0n) is 13.0. The van der Waals surface area contributed by atoms with Crippen molar-refractivity contribution in [3.05, 3.63) is 35.4 Å². The standard InChI is InChI=1S/C16H19F3N2O3/c17-16(18,19)12-3-1-11(2-4-12)14-9-13(22)10-21(14)15(23)20-5-7-24-8-6-20/h1-4,13-14,22H,5-10H2. The molecule has 1 aromatic rings. The number of aliphatic hydroxyl groups is 1. The summed E-state index contributed by atoms with van der Waals surface area (Å²) < 4.78 is 43.3. The molecule has 1 aromatic carbocycles. The molecule has 0 bridgehead atoms. The minimum absolute atomic E-state index is 0.182. The summed E-state index contributed by atoms with van der Waals surface area (Å²) in [7, 11) is 0. The Kier molecular flexibility index (Phi) is 4.69. The Bertz CT molecular complexity index is 585. The van der Waals surface area contributed by atoms with Crippen LogP contribution in [0.15, 0.2) is 24.3 Å². The van der Waals surface area contributed by atoms with Gasteiger partial charge < -0.3 is 19.6 Å². The lowest BCUT2D eigenvalue weighted by Crippen LogP contribution is -2.48. The van der Waals surface area contributed by atoms with E-state index in [0.717, 1.165) is 12.1 Å². The quantitative estimate of drug-likeness (QED) is 0.850. The Morgan fingerprint density at radius 2 is 1.79 bits per heavy atom. The predicted molar refractivity (Wildman–Crippen MR) is 79.3 cm³/mol. The molecular formula is C16H19F3N2O3. The minimum Gasteiger partial charge on any atom is -0.391 e. The highest BCUT2D eigenvalue weighted by molar-refractivity contribution is 5.75. The lowest BCUT2D eigenvalue weighted by atomic mass is 10.0. The monoisotopic (exact) mass is 344 g/mol. The van der Waals surface area contributed by atoms with Gasteiger partial charge in [0, 0.05) is 19.6 Å². The number of nitrogens with zero attached hydrogens (tertiary/aromatic N) is 2. The van der Waals surface area contributed by atoms with Crippen molar-refractivity contribution >= 4 is 6.03 Å². The second-order valence-electron chi connectivity index (χ2n) is 6.06. The second kappa shape index (κ2) is 6.60. The SMILES string of the molecule is O=C(N1CCOCC1)N1CC(O)CC1c1ccc(C(F)(F)F)cc1. The fourth-order valence-corrected chi connectivity index (χ4v) is 3.17. The van der Waals surface area contributed by atoms with Gasteiger partial charge >= 0.3 is 12.2 Å². The topological polar surface area (TPSA) is 53.0 Å². The van der Waals surface area contributed by atoms with Gasteiger partial charge in [0.2, 0.25) is 0 Å². The van der Waals surface area contributed by atoms with E-state index in [0.29, 0.717) is 38.3 Å². The first-order valence-corrected chi connectivity index (χ1v) is 7.85. The molecule has 24 heavy (non-hydrogen) atoms. The largest absolute Gasteiger partial charge is 0.416 e. The maximum Gasteiger partial charge on any atom is 0.416 e. The number of urea groups is 1. The molecule has 2 unspecified atom stereocenters. The highest BCUT2D eigenvalue weighted by Gasteiger charge is 2.38. The molecule has 0 saturated carbocycles. The average molecular weight is 344 g/mol. The third-order valence-electron chi connectivity index (χ3n) is 4.43. The van der Waals surface area contributed by atoms with Crippen molar-refractivity contribution in [1.82, 2.24) is 9.80 Å². The lowest BCUT2D eigenvalue weighted by molar-refractivity contribution is -0.137. The van der Waals surface area contributed by atoms with Crippen LogP contribution in [0.25, 0.3) is 0 Å². The average Bonchev–Trinajstić information content (AvgIpc) is 2.96. The van der Waals surface area contributed by atoms with Crippen LogP contribution in [0.5, 0.6) is 0 Å². The van der Waals surface area contributed by atoms with Crippen molar-refractivity contribution < 1.29 is 27.8 Å². The lowest BCUT2D eigenvalue weighted by Gasteiger charge is -2.34. The van der Waals surface area contributed by atoms with Gasteiger partial charge in [0.1, 0.15) is 0 Å². The first-order valence-electron chi connectivity index (χ1n) is 7.85. The number of amides is 2. The first-order chi connectivity index (χ1) is 11.4. The number of benzene rings is 1. The van der Waals surface area contributed by atoms with E-state index in [-0.39, 0.29) is 12.6 Å². The van der Waals surface area contributed by atoms with E-state index in [1.165, 1.54) is 12.1 Å². The van der Waals surface area contributed by atoms with Crippen molar-refractivity contribution in [3.8, 4) is 0 Å². The van der Waals surface area contributed by atoms with Crippen LogP contribution in [0, 0.1) is 0 Å². The summed E-state index contributed by atoms with van der Waals surface area (Å²) in [6.45, 7) is 2.07. The summed E-state index contributed by atoms with van der Waals surface area (Å²) in [5.41, 5.74) is -0.128. The molecule has 0 aromatic heterocycles. The number of carbonyl (C=O) groups is 1. The van der Waals surface area contributed by atoms with Crippen LogP contribution in [-0.2, 0) is 10.9 Å². The molecule has 2 atom stereocenters. The number of hydrogen-bond acceptors (Lipinski definition) is 3. The van der Waals surface area contributed by atoms with Gasteiger partial charge in [-0.1, -0.05) is 12.1 Å². The van der Waals surface area contributed by atoms with E-state index in [9.17, 15) is 23.1 Å². The summed E-state index contributed by atoms with van der Waals surface area (Å²) >= 11 is 0. The predicted octanol–water partition coefficient (Wildman–Crippen LogP) is 2.27. The number of ether oxygens (including phenoxy) is 1. The van der Waals surface area contributed by atoms with E-state index >= 15 is 0 Å². The molecule has 1 N–H and O–H groups in total. The molecule has 0 aliphatic carbocycles. The Balaban J connectivity index is 1.78. The molecule has 2 aliphatic rings. The van der Waals surface area contributed by atoms with Crippen LogP contribution >= 0.6 is 0 Å². The zero-order chi connectivity index (χ0) is 17.3. The zero-order valence-corrected chi connectivity index (χ0v) is 13.0. The molecule has 132 valence electrons. The fourth-order valence-electron chi connectivity index (χ4n) is 3.17. The normalized spacial score (nSPS) is 25.2. The number of likely N-dealkylation sites (tertiary alicyclic amines) is 1. The number of morpholine rings is 1. The summed E-state index contributed by atoms with van der Waals surface area (Å²) in [6, 6.07) is 4.16. The first kappa shape index (κ1) is 17.0. The van der Waals surface area contributed by atoms with Crippen molar-refractivity contribution in [1.29, 1.82) is 0 Å². The summed E-state index contributed by atoms with van der Waals surface area (Å²) in [4.78, 5) is 15.9. The van der Waals surface area contributed by atoms with Gasteiger partial charge in [-0.05, 0) is 24.1 Å². The molecule has 3 rings (SSSR count). The number of rotatable bonds is 1. The van der Waals surface area contributed by atoms with E-state index in [1.54, 1.807) is 9.80 Å². The maximum atomic E-state index is 12.7. The molecule has 0 spiro atoms. The smallest absolute Gasteiger partial charge is 0.391 e. The number of hydrogen-bond donors (Lipinski definition) is 1. The van der Waals surface area contributed by atoms with Crippen LogP contribution in [-0.4, -0.2) is 59.9 Å². The van der Waals surface area contributed by atoms with E-state index < -0.39 is 23.9 Å². The third kappa shape index (κ3) is 3.49. The molecule has 2 saturated heterocycles. The van der Waals surface area contributed by atoms with Gasteiger partial charge in [-0.25, -0.2) is 4.79 Å². The Morgan fingerprint density at radius 3 is 2.38 bits per heavy atom. The molecular weight excluding hydrogens is 325 g/mol. The van der Waals surface area contributed by atoms with Crippen molar-refractivity contribution in [2.75, 3.05) is 32.8 Å². The maximum absolute atomic E-state index is 12.7. The molecule has 2 heterocycles. The molecule has 2 amide bonds. The van der Waals surface area contributed by atoms with E-state index in [2.05, 4.69) is 0 Å². The van der Waals surface area contributed by atoms with Gasteiger partial charge in [0.15, 0.2) is 0 Å². The van der Waals surface area contributed by atoms with Crippen molar-refractivity contribution in [3.63, 3.8) is 0 Å². The Morgan fingerprint density at radius 1 is 1.17 bits per heavy atom. The third-order valence-corrected chi connectivity index (χ3v) is 4.43. The number of halogens is 3. The van der Waals surface area contributed by atoms with Crippen LogP contribution in [0.3, 0.4) is 0 Å². The highest BCUT2D eigenvalue weighted by Crippen LogP contribution is 2.35. The van der Waals surface area contributed by atoms with Crippen LogP contribution in [0.4, 0.5) is 18.0 Å². The molecule has 2 fully saturated rings. The highest BCUT2D eigenvalue weighted by atomic mass is 19.4. The number of aliphatic hydroxyl groups excluding tert-OH is 1. The molecule has 0 radical (unpaired) electrons. The minimum atomic E-state index is -4.39. The van der Waals surface area contributed by atoms with Crippen LogP contribution in [0.1, 0.15) is 23.6 Å². The van der Waals surface area contributed by atoms with Gasteiger partial charge in [0.25, 0.3) is 0 Å². The van der Waals surface area contributed by atoms with Gasteiger partial charge in [-0.15, -0.1) is 0 Å². The van der Waals surface area contributed by atoms with Crippen LogP contribution < -0.4 is 0 Å². The van der Waals surface area contributed by atoms with Gasteiger partial charge in [-0.3, -0.25) is 0 Å². The van der Waals surface area contributed by atoms with Gasteiger partial charge in [0.05, 0.1) is 30.9 Å². The Hall–Kier alpha value is -1.80. The van der Waals surface area contributed by atoms with E-state index in [1.807, 2.05) is 0 Å². The molecule has 2 aliphatic heterocycles. The van der Waals surface area contributed by atoms with Gasteiger partial charge in [-0.2, -0.15) is 13.2 Å². The fraction of sp³-hybridized carbons (Fsp3) is 0.562. The number of alkyl halides is 3. The van der Waals surface area contributed by atoms with Crippen LogP contribution in [0.2, 0.25) is 0 Å². The summed E-state index contributed by atoms with van der Waals surface area (Å²) in [5, 5.41) is 9.95. The molecule has 5 nitrogen and oxygen atoms in total. The molecule has 8 heteroatoms. The van der Waals surface area contributed by atoms with Crippen molar-refractivity contribution in [2.24, 2.45) is 0 Å². The van der Waals surface area contributed by atoms with Crippen molar-refractivity contribution in [2.45, 2.75) is 24.7 Å². The second-order valence-corrected chi connectivity index (χ2v) is 6.06. The number of β-amino-alcohol motifs (C(OH)–C–C–N with tert-alkyl or cyclic N) is 1.